The summed E-state index contributed by atoms with van der Waals surface area (Å²) in [5.74, 6) is 0.167. The predicted molar refractivity (Wildman–Crippen MR) is 274 cm³/mol. The van der Waals surface area contributed by atoms with Crippen molar-refractivity contribution in [3.05, 3.63) is 107 Å². The van der Waals surface area contributed by atoms with Gasteiger partial charge in [0.15, 0.2) is 0 Å². The number of aliphatic hydroxyl groups is 2. The molecule has 2 aliphatic heterocycles. The number of benzene rings is 2. The highest BCUT2D eigenvalue weighted by molar-refractivity contribution is 5.89. The van der Waals surface area contributed by atoms with Crippen LogP contribution in [0.2, 0.25) is 0 Å². The van der Waals surface area contributed by atoms with E-state index in [1.54, 1.807) is 36.4 Å². The number of nitrogens with one attached hydrogen (secondary N) is 2. The molecule has 8 nitrogen and oxygen atoms in total. The highest BCUT2D eigenvalue weighted by atomic mass is 16.3. The number of phenolic OH excluding ortho intramolecular Hbond substituents is 2. The molecule has 0 amide bonds. The Morgan fingerprint density at radius 2 is 0.773 bits per heavy atom. The largest absolute Gasteiger partial charge is 0.508 e. The quantitative estimate of drug-likeness (QED) is 0.0300. The van der Waals surface area contributed by atoms with Crippen LogP contribution in [0.3, 0.4) is 0 Å². The van der Waals surface area contributed by atoms with Crippen molar-refractivity contribution in [3.63, 3.8) is 0 Å². The van der Waals surface area contributed by atoms with Gasteiger partial charge >= 0.3 is 0 Å². The molecule has 8 heteroatoms. The molecule has 5 heterocycles. The second kappa shape index (κ2) is 25.1. The second-order valence-corrected chi connectivity index (χ2v) is 18.9. The SMILES string of the molecule is CCCCCCCCCCCCCc1c2nc(c(CCCCCCCCCCCCC)c3ccc([nH]3)c(-c3cccc(O)c3)c3nc(c(-c4cccc(O)c4)c4ccc1[nH]4)C(O)C3O)C=C2. The minimum Gasteiger partial charge on any atom is -0.508 e. The number of fused-ring (bicyclic) bond motifs is 8. The highest BCUT2D eigenvalue weighted by Crippen LogP contribution is 2.44. The number of H-pyrrole nitrogens is 2. The zero-order valence-electron chi connectivity index (χ0n) is 39.9. The van der Waals surface area contributed by atoms with Crippen LogP contribution in [-0.2, 0) is 12.8 Å². The van der Waals surface area contributed by atoms with Crippen molar-refractivity contribution >= 4 is 34.2 Å². The van der Waals surface area contributed by atoms with Crippen LogP contribution in [-0.4, -0.2) is 40.4 Å². The molecule has 0 saturated carbocycles. The summed E-state index contributed by atoms with van der Waals surface area (Å²) in [5.41, 5.74) is 10.6. The summed E-state index contributed by atoms with van der Waals surface area (Å²) in [4.78, 5) is 18.0. The number of aliphatic hydroxyl groups excluding tert-OH is 2. The van der Waals surface area contributed by atoms with Crippen molar-refractivity contribution in [2.45, 2.75) is 180 Å². The second-order valence-electron chi connectivity index (χ2n) is 18.9. The van der Waals surface area contributed by atoms with Crippen molar-refractivity contribution in [2.24, 2.45) is 0 Å². The van der Waals surface area contributed by atoms with Gasteiger partial charge in [-0.05, 0) is 97.5 Å². The number of aromatic nitrogens is 4. The summed E-state index contributed by atoms with van der Waals surface area (Å²) in [7, 11) is 0. The molecule has 2 aromatic carbocycles. The maximum Gasteiger partial charge on any atom is 0.128 e. The minimum atomic E-state index is -1.37. The third-order valence-corrected chi connectivity index (χ3v) is 13.8. The van der Waals surface area contributed by atoms with Crippen LogP contribution in [0, 0.1) is 0 Å². The van der Waals surface area contributed by atoms with E-state index in [-0.39, 0.29) is 22.9 Å². The Bertz CT molecular complexity index is 2350. The summed E-state index contributed by atoms with van der Waals surface area (Å²) in [6.45, 7) is 4.55. The van der Waals surface area contributed by atoms with Crippen LogP contribution in [0.25, 0.3) is 56.5 Å². The average molecular weight is 893 g/mol. The summed E-state index contributed by atoms with van der Waals surface area (Å²) in [6.07, 6.45) is 31.4. The first-order valence-corrected chi connectivity index (χ1v) is 25.8. The Hall–Kier alpha value is -5.18. The lowest BCUT2D eigenvalue weighted by Gasteiger charge is -2.13. The number of phenols is 2. The standard InChI is InChI=1S/C58H76N4O4/c1-3-5-7-9-11-13-15-17-19-21-23-31-45-47-33-34-48(59-47)46(32-24-22-20-18-16-14-12-10-8-6-4-2)50-36-38-52(61-50)54(42-28-26-30-44(64)40-42)56-58(66)57(65)55(62-56)53(51-37-35-49(45)60-51)41-27-25-29-43(63)39-41/h25-30,33-40,57-58,60-61,63-66H,3-24,31-32H2,1-2H3. The lowest BCUT2D eigenvalue weighted by Crippen LogP contribution is -2.05. The predicted octanol–water partition coefficient (Wildman–Crippen LogP) is 15.7. The Kier molecular flexibility index (Phi) is 18.5. The number of hydrogen-bond acceptors (Lipinski definition) is 6. The van der Waals surface area contributed by atoms with Crippen molar-refractivity contribution in [3.8, 4) is 33.8 Å². The summed E-state index contributed by atoms with van der Waals surface area (Å²) >= 11 is 0. The molecule has 0 aliphatic carbocycles. The van der Waals surface area contributed by atoms with Gasteiger partial charge < -0.3 is 30.4 Å². The van der Waals surface area contributed by atoms with Crippen LogP contribution in [0.4, 0.5) is 0 Å². The van der Waals surface area contributed by atoms with E-state index in [1.165, 1.54) is 116 Å². The van der Waals surface area contributed by atoms with Gasteiger partial charge in [0.25, 0.3) is 0 Å². The zero-order valence-corrected chi connectivity index (χ0v) is 39.9. The Balaban J connectivity index is 1.31. The van der Waals surface area contributed by atoms with Crippen LogP contribution < -0.4 is 0 Å². The van der Waals surface area contributed by atoms with E-state index in [1.807, 2.05) is 24.3 Å². The number of aromatic amines is 2. The van der Waals surface area contributed by atoms with Gasteiger partial charge in [0.1, 0.15) is 23.7 Å². The molecule has 2 atom stereocenters. The normalized spacial score (nSPS) is 14.7. The number of aryl methyl sites for hydroxylation is 2. The molecule has 0 fully saturated rings. The fraction of sp³-hybridized carbons (Fsp3) is 0.483. The van der Waals surface area contributed by atoms with E-state index in [0.29, 0.717) is 33.3 Å². The topological polar surface area (TPSA) is 138 Å². The molecule has 3 aromatic heterocycles. The molecular formula is C58H76N4O4. The van der Waals surface area contributed by atoms with Crippen molar-refractivity contribution in [2.75, 3.05) is 0 Å². The minimum absolute atomic E-state index is 0.0835. The lowest BCUT2D eigenvalue weighted by molar-refractivity contribution is 0.0260. The molecule has 5 aromatic rings. The molecule has 352 valence electrons. The fourth-order valence-corrected chi connectivity index (χ4v) is 10.0. The van der Waals surface area contributed by atoms with Gasteiger partial charge in [-0.2, -0.15) is 0 Å². The molecule has 6 N–H and O–H groups in total. The number of aromatic hydroxyl groups is 2. The molecule has 0 spiro atoms. The molecular weight excluding hydrogens is 817 g/mol. The maximum absolute atomic E-state index is 12.0. The van der Waals surface area contributed by atoms with Gasteiger partial charge in [0, 0.05) is 44.3 Å². The maximum atomic E-state index is 12.0. The van der Waals surface area contributed by atoms with Gasteiger partial charge in [-0.1, -0.05) is 167 Å². The molecule has 0 saturated heterocycles. The molecule has 2 aliphatic rings. The first-order valence-electron chi connectivity index (χ1n) is 25.8. The smallest absolute Gasteiger partial charge is 0.128 e. The summed E-state index contributed by atoms with van der Waals surface area (Å²) < 4.78 is 0. The monoisotopic (exact) mass is 893 g/mol. The average Bonchev–Trinajstić information content (AvgIpc) is 4.15. The first-order chi connectivity index (χ1) is 32.4. The Morgan fingerprint density at radius 3 is 1.14 bits per heavy atom. The molecule has 66 heavy (non-hydrogen) atoms. The van der Waals surface area contributed by atoms with Crippen LogP contribution in [0.1, 0.15) is 201 Å². The highest BCUT2D eigenvalue weighted by Gasteiger charge is 2.34. The molecule has 0 radical (unpaired) electrons. The van der Waals surface area contributed by atoms with Gasteiger partial charge in [-0.3, -0.25) is 4.98 Å². The molecule has 2 unspecified atom stereocenters. The summed E-state index contributed by atoms with van der Waals surface area (Å²) in [6, 6.07) is 22.1. The Labute approximate surface area is 393 Å². The van der Waals surface area contributed by atoms with E-state index >= 15 is 0 Å². The number of hydrogen-bond donors (Lipinski definition) is 6. The number of unbranched alkanes of at least 4 members (excludes halogenated alkanes) is 20. The first kappa shape index (κ1) is 48.7. The number of rotatable bonds is 26. The molecule has 8 bridgehead atoms. The van der Waals surface area contributed by atoms with Gasteiger partial charge in [0.05, 0.1) is 22.8 Å². The van der Waals surface area contributed by atoms with E-state index < -0.39 is 12.2 Å². The Morgan fingerprint density at radius 1 is 0.424 bits per heavy atom. The fourth-order valence-electron chi connectivity index (χ4n) is 10.0. The van der Waals surface area contributed by atoms with Gasteiger partial charge in [-0.25, -0.2) is 4.98 Å². The van der Waals surface area contributed by atoms with Crippen LogP contribution in [0.15, 0.2) is 72.8 Å². The van der Waals surface area contributed by atoms with Gasteiger partial charge in [-0.15, -0.1) is 0 Å². The van der Waals surface area contributed by atoms with Crippen LogP contribution in [0.5, 0.6) is 11.5 Å². The van der Waals surface area contributed by atoms with Crippen molar-refractivity contribution in [1.82, 2.24) is 19.9 Å². The zero-order chi connectivity index (χ0) is 46.1. The van der Waals surface area contributed by atoms with E-state index in [9.17, 15) is 20.4 Å². The van der Waals surface area contributed by atoms with Crippen molar-refractivity contribution in [1.29, 1.82) is 0 Å². The third kappa shape index (κ3) is 12.8. The van der Waals surface area contributed by atoms with E-state index in [0.717, 1.165) is 72.1 Å². The third-order valence-electron chi connectivity index (χ3n) is 13.8. The number of nitrogens with zero attached hydrogens (tertiary/aromatic N) is 2. The van der Waals surface area contributed by atoms with Gasteiger partial charge in [0.2, 0.25) is 0 Å². The van der Waals surface area contributed by atoms with Crippen LogP contribution >= 0.6 is 0 Å². The lowest BCUT2D eigenvalue weighted by atomic mass is 9.97. The van der Waals surface area contributed by atoms with E-state index in [2.05, 4.69) is 48.1 Å². The summed E-state index contributed by atoms with van der Waals surface area (Å²) in [5, 5.41) is 45.5. The van der Waals surface area contributed by atoms with E-state index in [4.69, 9.17) is 9.97 Å². The van der Waals surface area contributed by atoms with Crippen molar-refractivity contribution < 1.29 is 20.4 Å². The molecule has 7 rings (SSSR count).